The average molecular weight is 417 g/mol. The summed E-state index contributed by atoms with van der Waals surface area (Å²) in [5.41, 5.74) is 5.65. The molecular formula is C24H28N6O. The number of hydrogen-bond acceptors (Lipinski definition) is 6. The van der Waals surface area contributed by atoms with Crippen molar-refractivity contribution in [3.63, 3.8) is 0 Å². The summed E-state index contributed by atoms with van der Waals surface area (Å²) in [4.78, 5) is 18.5. The Hall–Kier alpha value is -3.32. The van der Waals surface area contributed by atoms with Crippen LogP contribution in [0.3, 0.4) is 0 Å². The number of anilines is 1. The summed E-state index contributed by atoms with van der Waals surface area (Å²) in [5, 5.41) is 12.8. The molecule has 0 aliphatic rings. The molecule has 3 heterocycles. The zero-order chi connectivity index (χ0) is 21.8. The lowest BCUT2D eigenvalue weighted by Crippen LogP contribution is -2.24. The second-order valence-electron chi connectivity index (χ2n) is 7.93. The van der Waals surface area contributed by atoms with Crippen LogP contribution in [-0.2, 0) is 6.42 Å². The van der Waals surface area contributed by atoms with E-state index in [2.05, 4.69) is 58.0 Å². The van der Waals surface area contributed by atoms with E-state index in [4.69, 9.17) is 9.97 Å². The predicted octanol–water partition coefficient (Wildman–Crippen LogP) is 4.24. The van der Waals surface area contributed by atoms with Crippen molar-refractivity contribution in [2.45, 2.75) is 45.7 Å². The minimum atomic E-state index is -0.0848. The van der Waals surface area contributed by atoms with Gasteiger partial charge in [-0.3, -0.25) is 4.98 Å². The van der Waals surface area contributed by atoms with Crippen LogP contribution in [0.1, 0.15) is 44.5 Å². The Bertz CT molecular complexity index is 1130. The van der Waals surface area contributed by atoms with Crippen LogP contribution < -0.4 is 5.32 Å². The van der Waals surface area contributed by atoms with Crippen LogP contribution in [0.15, 0.2) is 55.0 Å². The molecule has 0 radical (unpaired) electrons. The van der Waals surface area contributed by atoms with Gasteiger partial charge in [0.25, 0.3) is 0 Å². The highest BCUT2D eigenvalue weighted by Crippen LogP contribution is 2.24. The van der Waals surface area contributed by atoms with Crippen molar-refractivity contribution in [2.24, 2.45) is 0 Å². The summed E-state index contributed by atoms with van der Waals surface area (Å²) in [5.74, 6) is 0.524. The van der Waals surface area contributed by atoms with Crippen LogP contribution in [0.4, 0.5) is 5.95 Å². The van der Waals surface area contributed by atoms with Crippen molar-refractivity contribution < 1.29 is 5.11 Å². The van der Waals surface area contributed by atoms with Crippen molar-refractivity contribution in [2.75, 3.05) is 11.9 Å². The highest BCUT2D eigenvalue weighted by atomic mass is 16.3. The van der Waals surface area contributed by atoms with Gasteiger partial charge in [0.15, 0.2) is 5.65 Å². The van der Waals surface area contributed by atoms with Gasteiger partial charge in [0.05, 0.1) is 30.4 Å². The summed E-state index contributed by atoms with van der Waals surface area (Å²) in [6, 6.07) is 14.4. The fraction of sp³-hybridized carbons (Fsp3) is 0.333. The third kappa shape index (κ3) is 4.56. The average Bonchev–Trinajstić information content (AvgIpc) is 3.23. The molecule has 0 fully saturated rings. The van der Waals surface area contributed by atoms with Crippen LogP contribution in [0, 0.1) is 0 Å². The van der Waals surface area contributed by atoms with Gasteiger partial charge in [-0.05, 0) is 38.0 Å². The van der Waals surface area contributed by atoms with Gasteiger partial charge in [-0.2, -0.15) is 4.98 Å². The lowest BCUT2D eigenvalue weighted by atomic mass is 10.0. The first-order valence-corrected chi connectivity index (χ1v) is 10.7. The zero-order valence-corrected chi connectivity index (χ0v) is 18.2. The highest BCUT2D eigenvalue weighted by molar-refractivity contribution is 5.75. The van der Waals surface area contributed by atoms with Crippen molar-refractivity contribution in [3.8, 4) is 11.3 Å². The maximum atomic E-state index is 9.59. The lowest BCUT2D eigenvalue weighted by Gasteiger charge is -2.16. The normalized spacial score (nSPS) is 12.4. The van der Waals surface area contributed by atoms with E-state index in [-0.39, 0.29) is 18.7 Å². The monoisotopic (exact) mass is 416 g/mol. The van der Waals surface area contributed by atoms with E-state index < -0.39 is 0 Å². The molecule has 7 nitrogen and oxygen atoms in total. The Balaban J connectivity index is 1.68. The number of fused-ring (bicyclic) bond motifs is 1. The van der Waals surface area contributed by atoms with Gasteiger partial charge in [-0.15, -0.1) is 0 Å². The third-order valence-electron chi connectivity index (χ3n) is 5.38. The smallest absolute Gasteiger partial charge is 0.225 e. The number of nitrogens with one attached hydrogen (secondary N) is 1. The number of aliphatic hydroxyl groups excluding tert-OH is 1. The molecule has 3 aromatic heterocycles. The topological polar surface area (TPSA) is 88.8 Å². The van der Waals surface area contributed by atoms with Gasteiger partial charge in [0.1, 0.15) is 5.52 Å². The van der Waals surface area contributed by atoms with Gasteiger partial charge >= 0.3 is 0 Å². The molecule has 0 aliphatic carbocycles. The highest BCUT2D eigenvalue weighted by Gasteiger charge is 2.17. The second kappa shape index (κ2) is 9.22. The first-order chi connectivity index (χ1) is 15.1. The first kappa shape index (κ1) is 20.9. The summed E-state index contributed by atoms with van der Waals surface area (Å²) in [7, 11) is 0. The minimum Gasteiger partial charge on any atom is -0.394 e. The molecule has 1 aromatic carbocycles. The van der Waals surface area contributed by atoms with Gasteiger partial charge in [0.2, 0.25) is 5.95 Å². The Labute approximate surface area is 182 Å². The van der Waals surface area contributed by atoms with Gasteiger partial charge in [0, 0.05) is 24.2 Å². The van der Waals surface area contributed by atoms with E-state index in [0.29, 0.717) is 12.4 Å². The summed E-state index contributed by atoms with van der Waals surface area (Å²) < 4.78 is 2.05. The molecular weight excluding hydrogens is 388 g/mol. The van der Waals surface area contributed by atoms with Gasteiger partial charge in [-0.25, -0.2) is 9.97 Å². The molecule has 4 rings (SSSR count). The SMILES string of the molecule is CCC(CO)Nc1nc(Cc2ccc(-c3ccccn3)cc2)c2ncn(C(C)C)c2n1. The number of aromatic nitrogens is 5. The molecule has 0 bridgehead atoms. The quantitative estimate of drug-likeness (QED) is 0.447. The lowest BCUT2D eigenvalue weighted by molar-refractivity contribution is 0.271. The molecule has 1 unspecified atom stereocenters. The maximum Gasteiger partial charge on any atom is 0.225 e. The molecule has 4 aromatic rings. The number of hydrogen-bond donors (Lipinski definition) is 2. The van der Waals surface area contributed by atoms with Crippen molar-refractivity contribution in [1.82, 2.24) is 24.5 Å². The number of benzene rings is 1. The molecule has 0 spiro atoms. The Morgan fingerprint density at radius 2 is 1.84 bits per heavy atom. The fourth-order valence-corrected chi connectivity index (χ4v) is 3.52. The van der Waals surface area contributed by atoms with Crippen molar-refractivity contribution in [3.05, 3.63) is 66.2 Å². The molecule has 0 saturated heterocycles. The standard InChI is InChI=1S/C24H28N6O/c1-4-19(14-31)27-24-28-21(22-23(29-24)30(15-26-22)16(2)3)13-17-8-10-18(11-9-17)20-7-5-6-12-25-20/h5-12,15-16,19,31H,4,13-14H2,1-3H3,(H,27,28,29). The minimum absolute atomic E-state index is 0.0334. The van der Waals surface area contributed by atoms with Crippen LogP contribution in [0.2, 0.25) is 0 Å². The van der Waals surface area contributed by atoms with E-state index in [1.165, 1.54) is 0 Å². The second-order valence-corrected chi connectivity index (χ2v) is 7.93. The van der Waals surface area contributed by atoms with Gasteiger partial charge < -0.3 is 15.0 Å². The van der Waals surface area contributed by atoms with E-state index in [0.717, 1.165) is 40.1 Å². The van der Waals surface area contributed by atoms with Crippen LogP contribution >= 0.6 is 0 Å². The maximum absolute atomic E-state index is 9.59. The Morgan fingerprint density at radius 1 is 1.03 bits per heavy atom. The van der Waals surface area contributed by atoms with Gasteiger partial charge in [-0.1, -0.05) is 37.3 Å². The number of rotatable bonds is 8. The van der Waals surface area contributed by atoms with Crippen LogP contribution in [-0.4, -0.2) is 42.3 Å². The van der Waals surface area contributed by atoms with Crippen molar-refractivity contribution >= 4 is 17.1 Å². The number of aliphatic hydroxyl groups is 1. The summed E-state index contributed by atoms with van der Waals surface area (Å²) in [6.45, 7) is 6.27. The van der Waals surface area contributed by atoms with E-state index in [1.54, 1.807) is 6.20 Å². The van der Waals surface area contributed by atoms with Crippen molar-refractivity contribution in [1.29, 1.82) is 0 Å². The largest absolute Gasteiger partial charge is 0.394 e. The molecule has 0 aliphatic heterocycles. The fourth-order valence-electron chi connectivity index (χ4n) is 3.52. The van der Waals surface area contributed by atoms with Crippen LogP contribution in [0.25, 0.3) is 22.4 Å². The Morgan fingerprint density at radius 3 is 2.48 bits per heavy atom. The zero-order valence-electron chi connectivity index (χ0n) is 18.2. The number of imidazole rings is 1. The van der Waals surface area contributed by atoms with E-state index in [1.807, 2.05) is 31.5 Å². The molecule has 0 saturated carbocycles. The summed E-state index contributed by atoms with van der Waals surface area (Å²) >= 11 is 0. The number of pyridine rings is 1. The summed E-state index contributed by atoms with van der Waals surface area (Å²) in [6.07, 6.45) is 5.05. The molecule has 2 N–H and O–H groups in total. The molecule has 31 heavy (non-hydrogen) atoms. The Kier molecular flexibility index (Phi) is 6.23. The molecule has 1 atom stereocenters. The molecule has 7 heteroatoms. The third-order valence-corrected chi connectivity index (χ3v) is 5.38. The molecule has 0 amide bonds. The predicted molar refractivity (Wildman–Crippen MR) is 123 cm³/mol. The van der Waals surface area contributed by atoms with E-state index in [9.17, 15) is 5.11 Å². The van der Waals surface area contributed by atoms with E-state index >= 15 is 0 Å². The van der Waals surface area contributed by atoms with Crippen LogP contribution in [0.5, 0.6) is 0 Å². The number of nitrogens with zero attached hydrogens (tertiary/aromatic N) is 5. The molecule has 160 valence electrons. The first-order valence-electron chi connectivity index (χ1n) is 10.7.